The molecule has 210 valence electrons. The molecule has 1 saturated heterocycles. The molecule has 1 fully saturated rings. The van der Waals surface area contributed by atoms with Crippen LogP contribution in [-0.4, -0.2) is 41.7 Å². The van der Waals surface area contributed by atoms with Crippen LogP contribution in [0.2, 0.25) is 0 Å². The highest BCUT2D eigenvalue weighted by Crippen LogP contribution is 2.36. The number of hydrogen-bond acceptors (Lipinski definition) is 7. The number of benzene rings is 2. The summed E-state index contributed by atoms with van der Waals surface area (Å²) < 4.78 is 18.0. The number of nitrogens with one attached hydrogen (secondary N) is 1. The normalized spacial score (nSPS) is 13.5. The second-order valence-electron chi connectivity index (χ2n) is 10.2. The van der Waals surface area contributed by atoms with Crippen LogP contribution in [0.15, 0.2) is 89.7 Å². The van der Waals surface area contributed by atoms with E-state index in [-0.39, 0.29) is 18.4 Å². The minimum Gasteiger partial charge on any atom is -0.490 e. The van der Waals surface area contributed by atoms with Crippen molar-refractivity contribution >= 4 is 17.0 Å². The number of amides is 1. The number of rotatable bonds is 9. The van der Waals surface area contributed by atoms with Crippen LogP contribution in [0.25, 0.3) is 33.6 Å². The van der Waals surface area contributed by atoms with Gasteiger partial charge >= 0.3 is 0 Å². The maximum atomic E-state index is 12.6. The average Bonchev–Trinajstić information content (AvgIpc) is 3.48. The SMILES string of the molecule is N#CCc1cc(-c2ccnc3cc(-c4ccc(C(=O)NCCc5cccnc5)cc4)oc23)ccc1OC1CCOCC1. The van der Waals surface area contributed by atoms with Crippen LogP contribution in [0.1, 0.15) is 34.3 Å². The van der Waals surface area contributed by atoms with E-state index in [1.807, 2.05) is 54.6 Å². The van der Waals surface area contributed by atoms with Gasteiger partial charge in [0.2, 0.25) is 0 Å². The van der Waals surface area contributed by atoms with Crippen LogP contribution >= 0.6 is 0 Å². The fourth-order valence-corrected chi connectivity index (χ4v) is 5.12. The molecule has 0 radical (unpaired) electrons. The molecule has 0 saturated carbocycles. The van der Waals surface area contributed by atoms with Gasteiger partial charge in [0.15, 0.2) is 5.58 Å². The van der Waals surface area contributed by atoms with Crippen molar-refractivity contribution in [3.05, 3.63) is 102 Å². The van der Waals surface area contributed by atoms with Crippen molar-refractivity contribution in [2.75, 3.05) is 19.8 Å². The Balaban J connectivity index is 1.20. The topological polar surface area (TPSA) is 110 Å². The summed E-state index contributed by atoms with van der Waals surface area (Å²) in [5.74, 6) is 1.26. The van der Waals surface area contributed by atoms with Gasteiger partial charge in [-0.25, -0.2) is 0 Å². The van der Waals surface area contributed by atoms with Gasteiger partial charge in [0.05, 0.1) is 25.7 Å². The molecule has 5 aromatic rings. The smallest absolute Gasteiger partial charge is 0.251 e. The lowest BCUT2D eigenvalue weighted by molar-refractivity contribution is 0.0252. The molecule has 0 atom stereocenters. The first-order valence-electron chi connectivity index (χ1n) is 14.1. The molecule has 6 rings (SSSR count). The van der Waals surface area contributed by atoms with Crippen molar-refractivity contribution in [2.45, 2.75) is 31.8 Å². The highest BCUT2D eigenvalue weighted by molar-refractivity contribution is 5.95. The Bertz CT molecular complexity index is 1720. The number of ether oxygens (including phenoxy) is 2. The predicted octanol–water partition coefficient (Wildman–Crippen LogP) is 6.15. The fourth-order valence-electron chi connectivity index (χ4n) is 5.12. The number of aromatic nitrogens is 2. The Morgan fingerprint density at radius 1 is 1.02 bits per heavy atom. The van der Waals surface area contributed by atoms with E-state index in [0.29, 0.717) is 36.7 Å². The molecule has 0 unspecified atom stereocenters. The lowest BCUT2D eigenvalue weighted by Gasteiger charge is -2.24. The van der Waals surface area contributed by atoms with E-state index in [1.165, 1.54) is 0 Å². The zero-order chi connectivity index (χ0) is 28.7. The number of pyridine rings is 2. The molecule has 0 bridgehead atoms. The highest BCUT2D eigenvalue weighted by Gasteiger charge is 2.19. The van der Waals surface area contributed by atoms with E-state index in [4.69, 9.17) is 13.9 Å². The van der Waals surface area contributed by atoms with Crippen molar-refractivity contribution in [3.8, 4) is 34.3 Å². The maximum absolute atomic E-state index is 12.6. The number of nitrogens with zero attached hydrogens (tertiary/aromatic N) is 3. The Hall–Kier alpha value is -5.00. The summed E-state index contributed by atoms with van der Waals surface area (Å²) in [6, 6.07) is 23.2. The zero-order valence-corrected chi connectivity index (χ0v) is 23.1. The fraction of sp³-hybridized carbons (Fsp3) is 0.235. The Kier molecular flexibility index (Phi) is 8.20. The Morgan fingerprint density at radius 2 is 1.86 bits per heavy atom. The summed E-state index contributed by atoms with van der Waals surface area (Å²) in [7, 11) is 0. The molecule has 1 amide bonds. The van der Waals surface area contributed by atoms with Gasteiger partial charge in [-0.2, -0.15) is 5.26 Å². The van der Waals surface area contributed by atoms with Crippen LogP contribution in [0.3, 0.4) is 0 Å². The molecule has 0 spiro atoms. The van der Waals surface area contributed by atoms with Crippen LogP contribution in [0.4, 0.5) is 0 Å². The second kappa shape index (κ2) is 12.7. The minimum atomic E-state index is -0.128. The molecule has 0 aliphatic carbocycles. The second-order valence-corrected chi connectivity index (χ2v) is 10.2. The molecule has 8 nitrogen and oxygen atoms in total. The van der Waals surface area contributed by atoms with E-state index in [9.17, 15) is 10.1 Å². The number of carbonyl (C=O) groups excluding carboxylic acids is 1. The maximum Gasteiger partial charge on any atom is 0.251 e. The van der Waals surface area contributed by atoms with Crippen molar-refractivity contribution < 1.29 is 18.7 Å². The highest BCUT2D eigenvalue weighted by atomic mass is 16.5. The molecular formula is C34H30N4O4. The first-order valence-corrected chi connectivity index (χ1v) is 14.1. The van der Waals surface area contributed by atoms with Crippen molar-refractivity contribution in [3.63, 3.8) is 0 Å². The standard InChI is InChI=1S/C34H30N4O4/c35-14-9-27-20-26(7-8-31(27)41-28-12-18-40-19-13-28)29-11-17-37-30-21-32(42-33(29)30)24-3-5-25(6-4-24)34(39)38-16-10-23-2-1-15-36-22-23/h1-8,11,15,17,20-22,28H,9-10,12-13,16,18-19H2,(H,38,39). The van der Waals surface area contributed by atoms with E-state index in [2.05, 4.69) is 21.4 Å². The minimum absolute atomic E-state index is 0.0895. The van der Waals surface area contributed by atoms with Crippen LogP contribution in [0.5, 0.6) is 5.75 Å². The molecule has 1 N–H and O–H groups in total. The molecule has 3 aromatic heterocycles. The summed E-state index contributed by atoms with van der Waals surface area (Å²) in [5, 5.41) is 12.4. The third-order valence-electron chi connectivity index (χ3n) is 7.37. The van der Waals surface area contributed by atoms with Gasteiger partial charge in [0.25, 0.3) is 5.91 Å². The average molecular weight is 559 g/mol. The number of nitriles is 1. The Labute approximate surface area is 243 Å². The molecular weight excluding hydrogens is 528 g/mol. The van der Waals surface area contributed by atoms with Crippen molar-refractivity contribution in [2.24, 2.45) is 0 Å². The van der Waals surface area contributed by atoms with Crippen LogP contribution in [0, 0.1) is 11.3 Å². The van der Waals surface area contributed by atoms with Gasteiger partial charge in [0.1, 0.15) is 23.1 Å². The molecule has 42 heavy (non-hydrogen) atoms. The van der Waals surface area contributed by atoms with Gasteiger partial charge in [-0.05, 0) is 53.9 Å². The lowest BCUT2D eigenvalue weighted by Crippen LogP contribution is -2.26. The molecule has 2 aromatic carbocycles. The number of carbonyl (C=O) groups is 1. The summed E-state index contributed by atoms with van der Waals surface area (Å²) >= 11 is 0. The molecule has 1 aliphatic rings. The molecule has 1 aliphatic heterocycles. The van der Waals surface area contributed by atoms with E-state index in [0.717, 1.165) is 58.3 Å². The van der Waals surface area contributed by atoms with Gasteiger partial charge in [-0.1, -0.05) is 24.3 Å². The van der Waals surface area contributed by atoms with E-state index in [1.54, 1.807) is 30.7 Å². The predicted molar refractivity (Wildman–Crippen MR) is 159 cm³/mol. The summed E-state index contributed by atoms with van der Waals surface area (Å²) in [4.78, 5) is 21.3. The summed E-state index contributed by atoms with van der Waals surface area (Å²) in [5.41, 5.74) is 6.52. The number of hydrogen-bond donors (Lipinski definition) is 1. The van der Waals surface area contributed by atoms with Gasteiger partial charge < -0.3 is 19.2 Å². The van der Waals surface area contributed by atoms with Crippen molar-refractivity contribution in [1.82, 2.24) is 15.3 Å². The third kappa shape index (κ3) is 6.17. The van der Waals surface area contributed by atoms with Gasteiger partial charge in [0, 0.05) is 66.3 Å². The summed E-state index contributed by atoms with van der Waals surface area (Å²) in [6.07, 6.45) is 8.02. The Morgan fingerprint density at radius 3 is 2.64 bits per heavy atom. The quantitative estimate of drug-likeness (QED) is 0.231. The van der Waals surface area contributed by atoms with E-state index < -0.39 is 0 Å². The van der Waals surface area contributed by atoms with Gasteiger partial charge in [-0.3, -0.25) is 14.8 Å². The van der Waals surface area contributed by atoms with E-state index >= 15 is 0 Å². The van der Waals surface area contributed by atoms with Crippen molar-refractivity contribution in [1.29, 1.82) is 5.26 Å². The summed E-state index contributed by atoms with van der Waals surface area (Å²) in [6.45, 7) is 1.91. The first kappa shape index (κ1) is 27.2. The zero-order valence-electron chi connectivity index (χ0n) is 23.1. The first-order chi connectivity index (χ1) is 20.7. The van der Waals surface area contributed by atoms with Gasteiger partial charge in [-0.15, -0.1) is 0 Å². The largest absolute Gasteiger partial charge is 0.490 e. The van der Waals surface area contributed by atoms with Crippen LogP contribution in [-0.2, 0) is 17.6 Å². The number of fused-ring (bicyclic) bond motifs is 1. The van der Waals surface area contributed by atoms with Crippen LogP contribution < -0.4 is 10.1 Å². The molecule has 4 heterocycles. The molecule has 8 heteroatoms. The number of furan rings is 1. The third-order valence-corrected chi connectivity index (χ3v) is 7.37. The lowest BCUT2D eigenvalue weighted by atomic mass is 10.0. The monoisotopic (exact) mass is 558 g/mol.